The van der Waals surface area contributed by atoms with Crippen LogP contribution in [0.2, 0.25) is 0 Å². The quantitative estimate of drug-likeness (QED) is 0.317. The van der Waals surface area contributed by atoms with Gasteiger partial charge in [0.2, 0.25) is 5.78 Å². The summed E-state index contributed by atoms with van der Waals surface area (Å²) in [4.78, 5) is 4.94. The molecule has 1 fully saturated rings. The lowest BCUT2D eigenvalue weighted by molar-refractivity contribution is 0.369. The van der Waals surface area contributed by atoms with Crippen LogP contribution in [-0.2, 0) is 6.54 Å². The van der Waals surface area contributed by atoms with Gasteiger partial charge in [-0.15, -0.1) is 12.4 Å². The molecular weight excluding hydrogens is 460 g/mol. The predicted molar refractivity (Wildman–Crippen MR) is 131 cm³/mol. The maximum Gasteiger partial charge on any atom is 0.215 e. The Kier molecular flexibility index (Phi) is 6.81. The summed E-state index contributed by atoms with van der Waals surface area (Å²) in [5.74, 6) is 1.03. The topological polar surface area (TPSA) is 34.3 Å². The maximum absolute atomic E-state index is 4.94. The molecule has 0 unspecified atom stereocenters. The molecule has 0 radical (unpaired) electrons. The second-order valence-electron chi connectivity index (χ2n) is 8.09. The maximum atomic E-state index is 4.94. The molecule has 5 rings (SSSR count). The van der Waals surface area contributed by atoms with E-state index in [0.29, 0.717) is 6.04 Å². The van der Waals surface area contributed by atoms with E-state index in [-0.39, 0.29) is 12.4 Å². The molecule has 1 aliphatic carbocycles. The van der Waals surface area contributed by atoms with Gasteiger partial charge in [0.05, 0.1) is 16.7 Å². The van der Waals surface area contributed by atoms with E-state index < -0.39 is 0 Å². The Balaban J connectivity index is 0.00000218. The van der Waals surface area contributed by atoms with Gasteiger partial charge < -0.3 is 9.88 Å². The van der Waals surface area contributed by atoms with Crippen molar-refractivity contribution in [3.8, 4) is 11.3 Å². The van der Waals surface area contributed by atoms with Crippen LogP contribution < -0.4 is 5.32 Å². The summed E-state index contributed by atoms with van der Waals surface area (Å²) in [5, 5.41) is 3.78. The lowest BCUT2D eigenvalue weighted by atomic mass is 9.95. The number of hydrogen-bond donors (Lipinski definition) is 1. The number of fused-ring (bicyclic) bond motifs is 3. The van der Waals surface area contributed by atoms with E-state index in [2.05, 4.69) is 84.9 Å². The number of benzene rings is 2. The normalized spacial score (nSPS) is 15.0. The molecule has 0 spiro atoms. The van der Waals surface area contributed by atoms with Gasteiger partial charge in [-0.2, -0.15) is 0 Å². The Morgan fingerprint density at radius 1 is 1.00 bits per heavy atom. The fourth-order valence-electron chi connectivity index (χ4n) is 4.57. The van der Waals surface area contributed by atoms with E-state index in [1.807, 2.05) is 0 Å². The number of para-hydroxylation sites is 2. The molecule has 0 amide bonds. The molecule has 30 heavy (non-hydrogen) atoms. The Hall–Kier alpha value is -1.82. The highest BCUT2D eigenvalue weighted by Gasteiger charge is 2.16. The van der Waals surface area contributed by atoms with Crippen LogP contribution in [0.1, 0.15) is 38.5 Å². The first-order valence-corrected chi connectivity index (χ1v) is 11.5. The summed E-state index contributed by atoms with van der Waals surface area (Å²) in [6.07, 6.45) is 10.2. The Morgan fingerprint density at radius 2 is 1.77 bits per heavy atom. The van der Waals surface area contributed by atoms with Crippen LogP contribution >= 0.6 is 28.3 Å². The van der Waals surface area contributed by atoms with Crippen LogP contribution in [0.5, 0.6) is 0 Å². The molecule has 1 aliphatic rings. The Labute approximate surface area is 192 Å². The van der Waals surface area contributed by atoms with Crippen LogP contribution in [0.4, 0.5) is 0 Å². The lowest BCUT2D eigenvalue weighted by Crippen LogP contribution is -2.32. The average Bonchev–Trinajstić information content (AvgIpc) is 3.29. The first-order chi connectivity index (χ1) is 14.3. The molecule has 0 bridgehead atoms. The van der Waals surface area contributed by atoms with Gasteiger partial charge in [-0.1, -0.05) is 59.5 Å². The van der Waals surface area contributed by atoms with Gasteiger partial charge in [0.25, 0.3) is 0 Å². The van der Waals surface area contributed by atoms with Gasteiger partial charge >= 0.3 is 0 Å². The Bertz CT molecular complexity index is 1110. The summed E-state index contributed by atoms with van der Waals surface area (Å²) >= 11 is 3.55. The average molecular weight is 488 g/mol. The van der Waals surface area contributed by atoms with E-state index in [9.17, 15) is 0 Å². The van der Waals surface area contributed by atoms with Crippen LogP contribution in [0, 0.1) is 0 Å². The first kappa shape index (κ1) is 21.4. The third-order valence-electron chi connectivity index (χ3n) is 6.10. The van der Waals surface area contributed by atoms with Gasteiger partial charge in [0.15, 0.2) is 0 Å². The summed E-state index contributed by atoms with van der Waals surface area (Å²) in [6.45, 7) is 2.03. The number of hydrogen-bond acceptors (Lipinski definition) is 2. The smallest absolute Gasteiger partial charge is 0.215 e. The zero-order valence-corrected chi connectivity index (χ0v) is 19.5. The molecule has 2 heterocycles. The predicted octanol–water partition coefficient (Wildman–Crippen LogP) is 6.45. The van der Waals surface area contributed by atoms with Gasteiger partial charge in [-0.25, -0.2) is 4.98 Å². The van der Waals surface area contributed by atoms with Gasteiger partial charge in [-0.05, 0) is 55.6 Å². The number of imidazole rings is 2. The van der Waals surface area contributed by atoms with Crippen molar-refractivity contribution in [3.63, 3.8) is 0 Å². The number of nitrogens with zero attached hydrogens (tertiary/aromatic N) is 3. The fraction of sp³-hybridized carbons (Fsp3) is 0.375. The van der Waals surface area contributed by atoms with Crippen LogP contribution in [0.25, 0.3) is 28.1 Å². The molecule has 0 aliphatic heterocycles. The summed E-state index contributed by atoms with van der Waals surface area (Å²) in [5.41, 5.74) is 4.67. The van der Waals surface area contributed by atoms with Crippen molar-refractivity contribution in [2.45, 2.75) is 51.1 Å². The molecule has 2 aromatic heterocycles. The highest BCUT2D eigenvalue weighted by Crippen LogP contribution is 2.28. The second-order valence-corrected chi connectivity index (χ2v) is 9.00. The lowest BCUT2D eigenvalue weighted by Gasteiger charge is -2.22. The Morgan fingerprint density at radius 3 is 2.57 bits per heavy atom. The highest BCUT2D eigenvalue weighted by molar-refractivity contribution is 9.10. The molecule has 4 aromatic rings. The molecule has 2 aromatic carbocycles. The number of halogens is 2. The van der Waals surface area contributed by atoms with Gasteiger partial charge in [0, 0.05) is 23.3 Å². The van der Waals surface area contributed by atoms with E-state index in [0.717, 1.165) is 35.3 Å². The fourth-order valence-corrected chi connectivity index (χ4v) is 4.84. The summed E-state index contributed by atoms with van der Waals surface area (Å²) < 4.78 is 5.72. The number of aryl methyl sites for hydroxylation is 1. The van der Waals surface area contributed by atoms with Crippen LogP contribution in [-0.4, -0.2) is 26.5 Å². The highest BCUT2D eigenvalue weighted by atomic mass is 79.9. The summed E-state index contributed by atoms with van der Waals surface area (Å²) in [7, 11) is 0. The van der Waals surface area contributed by atoms with Crippen molar-refractivity contribution in [1.29, 1.82) is 0 Å². The van der Waals surface area contributed by atoms with Crippen molar-refractivity contribution < 1.29 is 0 Å². The second kappa shape index (κ2) is 9.54. The minimum atomic E-state index is 0. The minimum absolute atomic E-state index is 0. The van der Waals surface area contributed by atoms with E-state index in [1.54, 1.807) is 0 Å². The third kappa shape index (κ3) is 4.29. The van der Waals surface area contributed by atoms with Crippen molar-refractivity contribution in [3.05, 3.63) is 59.2 Å². The molecule has 0 atom stereocenters. The molecule has 1 N–H and O–H groups in total. The third-order valence-corrected chi connectivity index (χ3v) is 6.63. The molecule has 158 valence electrons. The van der Waals surface area contributed by atoms with Crippen molar-refractivity contribution in [2.24, 2.45) is 0 Å². The number of aromatic nitrogens is 3. The van der Waals surface area contributed by atoms with Crippen LogP contribution in [0.3, 0.4) is 0 Å². The summed E-state index contributed by atoms with van der Waals surface area (Å²) in [6, 6.07) is 17.7. The van der Waals surface area contributed by atoms with Crippen molar-refractivity contribution in [2.75, 3.05) is 6.54 Å². The zero-order valence-electron chi connectivity index (χ0n) is 17.1. The molecule has 6 heteroatoms. The SMILES string of the molecule is Brc1ccc(-c2cn3c4ccccc4nc3n2CCCNC2CCCCC2)cc1.Cl. The zero-order chi connectivity index (χ0) is 19.6. The van der Waals surface area contributed by atoms with Gasteiger partial charge in [0.1, 0.15) is 0 Å². The molecule has 4 nitrogen and oxygen atoms in total. The molecular formula is C24H28BrClN4. The monoisotopic (exact) mass is 486 g/mol. The standard InChI is InChI=1S/C24H27BrN4.ClH/c25-19-13-11-18(12-14-19)23-17-29-22-10-5-4-9-21(22)27-24(29)28(23)16-6-15-26-20-7-2-1-3-8-20;/h4-5,9-14,17,20,26H,1-3,6-8,15-16H2;1H. The number of rotatable bonds is 6. The molecule has 0 saturated heterocycles. The first-order valence-electron chi connectivity index (χ1n) is 10.8. The van der Waals surface area contributed by atoms with E-state index in [1.165, 1.54) is 48.9 Å². The van der Waals surface area contributed by atoms with Crippen molar-refractivity contribution >= 4 is 45.1 Å². The number of nitrogens with one attached hydrogen (secondary N) is 1. The molecule has 1 saturated carbocycles. The van der Waals surface area contributed by atoms with E-state index >= 15 is 0 Å². The van der Waals surface area contributed by atoms with Crippen molar-refractivity contribution in [1.82, 2.24) is 19.3 Å². The largest absolute Gasteiger partial charge is 0.314 e. The van der Waals surface area contributed by atoms with E-state index in [4.69, 9.17) is 4.98 Å². The van der Waals surface area contributed by atoms with Crippen LogP contribution in [0.15, 0.2) is 59.2 Å². The van der Waals surface area contributed by atoms with Gasteiger partial charge in [-0.3, -0.25) is 4.40 Å². The minimum Gasteiger partial charge on any atom is -0.314 e.